The third kappa shape index (κ3) is 3.80. The minimum Gasteiger partial charge on any atom is -0.300 e. The second-order valence-corrected chi connectivity index (χ2v) is 4.93. The molecule has 0 fully saturated rings. The second kappa shape index (κ2) is 6.27. The number of hydrogen-bond acceptors (Lipinski definition) is 1. The van der Waals surface area contributed by atoms with Crippen LogP contribution >= 0.6 is 23.2 Å². The lowest BCUT2D eigenvalue weighted by molar-refractivity contribution is -0.117. The van der Waals surface area contributed by atoms with E-state index in [4.69, 9.17) is 23.2 Å². The summed E-state index contributed by atoms with van der Waals surface area (Å²) in [7, 11) is 0. The Morgan fingerprint density at radius 3 is 2.19 bits per heavy atom. The first-order valence-corrected chi connectivity index (χ1v) is 6.31. The van der Waals surface area contributed by atoms with Crippen molar-refractivity contribution in [1.29, 1.82) is 0 Å². The van der Waals surface area contributed by atoms with Gasteiger partial charge >= 0.3 is 0 Å². The van der Waals surface area contributed by atoms with E-state index in [1.165, 1.54) is 5.56 Å². The van der Waals surface area contributed by atoms with Crippen LogP contribution < -0.4 is 0 Å². The normalized spacial score (nSPS) is 14.5. The predicted molar refractivity (Wildman–Crippen MR) is 69.5 cm³/mol. The van der Waals surface area contributed by atoms with Crippen molar-refractivity contribution in [1.82, 2.24) is 0 Å². The maximum atomic E-state index is 10.9. The fourth-order valence-electron chi connectivity index (χ4n) is 1.49. The smallest absolute Gasteiger partial charge is 0.131 e. The van der Waals surface area contributed by atoms with Crippen molar-refractivity contribution in [2.24, 2.45) is 0 Å². The van der Waals surface area contributed by atoms with Gasteiger partial charge in [-0.15, -0.1) is 23.2 Å². The molecule has 0 saturated heterocycles. The Kier molecular flexibility index (Phi) is 5.30. The van der Waals surface area contributed by atoms with Gasteiger partial charge in [0.2, 0.25) is 0 Å². The molecule has 0 N–H and O–H groups in total. The van der Waals surface area contributed by atoms with E-state index in [0.29, 0.717) is 18.2 Å². The monoisotopic (exact) mass is 258 g/mol. The summed E-state index contributed by atoms with van der Waals surface area (Å²) >= 11 is 11.9. The highest BCUT2D eigenvalue weighted by molar-refractivity contribution is 6.21. The largest absolute Gasteiger partial charge is 0.300 e. The molecule has 0 radical (unpaired) electrons. The second-order valence-electron chi connectivity index (χ2n) is 4.10. The van der Waals surface area contributed by atoms with Crippen molar-refractivity contribution < 1.29 is 4.79 Å². The molecule has 1 rings (SSSR count). The summed E-state index contributed by atoms with van der Waals surface area (Å²) in [6, 6.07) is 7.99. The van der Waals surface area contributed by atoms with Gasteiger partial charge in [0.25, 0.3) is 0 Å². The summed E-state index contributed by atoms with van der Waals surface area (Å²) in [5.74, 6) is 1.06. The Morgan fingerprint density at radius 2 is 1.75 bits per heavy atom. The molecule has 0 bridgehead atoms. The number of alkyl halides is 2. The van der Waals surface area contributed by atoms with Crippen LogP contribution in [-0.2, 0) is 4.79 Å². The van der Waals surface area contributed by atoms with E-state index in [1.807, 2.05) is 24.3 Å². The molecule has 1 aromatic carbocycles. The molecular weight excluding hydrogens is 243 g/mol. The minimum atomic E-state index is -0.224. The maximum absolute atomic E-state index is 10.9. The Bertz CT molecular complexity index is 345. The molecule has 0 heterocycles. The van der Waals surface area contributed by atoms with Gasteiger partial charge < -0.3 is 0 Å². The van der Waals surface area contributed by atoms with Crippen LogP contribution in [-0.4, -0.2) is 11.7 Å². The van der Waals surface area contributed by atoms with Gasteiger partial charge in [-0.2, -0.15) is 0 Å². The van der Waals surface area contributed by atoms with Gasteiger partial charge in [-0.25, -0.2) is 0 Å². The molecule has 2 atom stereocenters. The van der Waals surface area contributed by atoms with Crippen molar-refractivity contribution in [2.45, 2.75) is 31.6 Å². The molecule has 0 spiro atoms. The Labute approximate surface area is 107 Å². The van der Waals surface area contributed by atoms with Crippen molar-refractivity contribution in [3.8, 4) is 0 Å². The number of benzene rings is 1. The zero-order valence-electron chi connectivity index (χ0n) is 9.54. The minimum absolute atomic E-state index is 0.109. The molecule has 0 aliphatic heterocycles. The summed E-state index contributed by atoms with van der Waals surface area (Å²) in [6.45, 7) is 3.63. The molecule has 88 valence electrons. The van der Waals surface area contributed by atoms with Crippen molar-refractivity contribution in [3.63, 3.8) is 0 Å². The molecule has 2 unspecified atom stereocenters. The summed E-state index contributed by atoms with van der Waals surface area (Å²) in [4.78, 5) is 10.9. The lowest BCUT2D eigenvalue weighted by Gasteiger charge is -2.11. The molecule has 0 aromatic heterocycles. The zero-order chi connectivity index (χ0) is 12.1. The van der Waals surface area contributed by atoms with Crippen LogP contribution in [0.4, 0.5) is 0 Å². The Hall–Kier alpha value is -0.530. The zero-order valence-corrected chi connectivity index (χ0v) is 11.1. The number of carbonyl (C=O) groups is 1. The molecule has 0 aliphatic rings. The van der Waals surface area contributed by atoms with Gasteiger partial charge in [0.15, 0.2) is 0 Å². The van der Waals surface area contributed by atoms with Crippen LogP contribution in [0.5, 0.6) is 0 Å². The molecule has 0 saturated carbocycles. The summed E-state index contributed by atoms with van der Waals surface area (Å²) in [5.41, 5.74) is 2.19. The number of ketones is 1. The Morgan fingerprint density at radius 1 is 1.25 bits per heavy atom. The third-order valence-electron chi connectivity index (χ3n) is 2.57. The first kappa shape index (κ1) is 13.5. The highest BCUT2D eigenvalue weighted by Gasteiger charge is 2.11. The third-order valence-corrected chi connectivity index (χ3v) is 3.43. The van der Waals surface area contributed by atoms with Gasteiger partial charge in [-0.1, -0.05) is 31.2 Å². The highest BCUT2D eigenvalue weighted by Crippen LogP contribution is 2.26. The number of hydrogen-bond donors (Lipinski definition) is 0. The van der Waals surface area contributed by atoms with Crippen LogP contribution in [0.25, 0.3) is 0 Å². The number of rotatable bonds is 5. The average Bonchev–Trinajstić information content (AvgIpc) is 2.27. The molecule has 1 nitrogen and oxygen atoms in total. The van der Waals surface area contributed by atoms with E-state index in [1.54, 1.807) is 6.92 Å². The van der Waals surface area contributed by atoms with Crippen LogP contribution in [0.3, 0.4) is 0 Å². The van der Waals surface area contributed by atoms with Gasteiger partial charge in [-0.3, -0.25) is 4.79 Å². The standard InChI is InChI=1S/C13H16Cl2O/c1-9(8-14)11-3-5-12(6-4-11)13(15)7-10(2)16/h3-6,9,13H,7-8H2,1-2H3. The lowest BCUT2D eigenvalue weighted by Crippen LogP contribution is -1.99. The molecule has 1 aromatic rings. The predicted octanol–water partition coefficient (Wildman–Crippen LogP) is 4.29. The number of carbonyl (C=O) groups excluding carboxylic acids is 1. The van der Waals surface area contributed by atoms with Crippen LogP contribution in [0.15, 0.2) is 24.3 Å². The van der Waals surface area contributed by atoms with Crippen molar-refractivity contribution in [2.75, 3.05) is 5.88 Å². The van der Waals surface area contributed by atoms with Gasteiger partial charge in [0, 0.05) is 12.3 Å². The average molecular weight is 259 g/mol. The summed E-state index contributed by atoms with van der Waals surface area (Å²) < 4.78 is 0. The number of halogens is 2. The van der Waals surface area contributed by atoms with E-state index in [9.17, 15) is 4.79 Å². The summed E-state index contributed by atoms with van der Waals surface area (Å²) in [6.07, 6.45) is 0.381. The van der Waals surface area contributed by atoms with E-state index in [2.05, 4.69) is 6.92 Å². The molecule has 0 amide bonds. The van der Waals surface area contributed by atoms with Crippen molar-refractivity contribution in [3.05, 3.63) is 35.4 Å². The van der Waals surface area contributed by atoms with Gasteiger partial charge in [0.1, 0.15) is 5.78 Å². The fraction of sp³-hybridized carbons (Fsp3) is 0.462. The Balaban J connectivity index is 2.74. The van der Waals surface area contributed by atoms with Crippen LogP contribution in [0, 0.1) is 0 Å². The maximum Gasteiger partial charge on any atom is 0.131 e. The van der Waals surface area contributed by atoms with Gasteiger partial charge in [0.05, 0.1) is 5.38 Å². The van der Waals surface area contributed by atoms with E-state index < -0.39 is 0 Å². The topological polar surface area (TPSA) is 17.1 Å². The highest BCUT2D eigenvalue weighted by atomic mass is 35.5. The first-order valence-electron chi connectivity index (χ1n) is 5.34. The quantitative estimate of drug-likeness (QED) is 0.721. The molecule has 3 heteroatoms. The van der Waals surface area contributed by atoms with Crippen molar-refractivity contribution >= 4 is 29.0 Å². The lowest BCUT2D eigenvalue weighted by atomic mass is 9.99. The van der Waals surface area contributed by atoms with Crippen LogP contribution in [0.2, 0.25) is 0 Å². The van der Waals surface area contributed by atoms with E-state index in [0.717, 1.165) is 5.56 Å². The van der Waals surface area contributed by atoms with E-state index in [-0.39, 0.29) is 11.2 Å². The fourth-order valence-corrected chi connectivity index (χ4v) is 2.03. The molecule has 16 heavy (non-hydrogen) atoms. The molecular formula is C13H16Cl2O. The van der Waals surface area contributed by atoms with Crippen LogP contribution in [0.1, 0.15) is 42.7 Å². The first-order chi connectivity index (χ1) is 7.54. The SMILES string of the molecule is CC(=O)CC(Cl)c1ccc(C(C)CCl)cc1. The molecule has 0 aliphatic carbocycles. The summed E-state index contributed by atoms with van der Waals surface area (Å²) in [5, 5.41) is -0.224. The van der Waals surface area contributed by atoms with Gasteiger partial charge in [-0.05, 0) is 24.0 Å². The van der Waals surface area contributed by atoms with E-state index >= 15 is 0 Å². The number of Topliss-reactive ketones (excluding diaryl/α,β-unsaturated/α-hetero) is 1.